The molecule has 1 N–H and O–H groups in total. The predicted molar refractivity (Wildman–Crippen MR) is 91.2 cm³/mol. The van der Waals surface area contributed by atoms with E-state index in [2.05, 4.69) is 5.32 Å². The fourth-order valence-electron chi connectivity index (χ4n) is 2.06. The molecular weight excluding hydrogens is 337 g/mol. The normalized spacial score (nSPS) is 13.4. The third-order valence-electron chi connectivity index (χ3n) is 3.36. The number of carbonyl (C=O) groups excluding carboxylic acids is 1. The Morgan fingerprint density at radius 2 is 2.09 bits per heavy atom. The third kappa shape index (κ3) is 5.48. The lowest BCUT2D eigenvalue weighted by atomic mass is 10.1. The fraction of sp³-hybridized carbons (Fsp3) is 0.353. The van der Waals surface area contributed by atoms with Gasteiger partial charge in [0, 0.05) is 17.5 Å². The van der Waals surface area contributed by atoms with Crippen molar-refractivity contribution in [2.45, 2.75) is 38.8 Å². The number of halogens is 2. The van der Waals surface area contributed by atoms with E-state index < -0.39 is 6.10 Å². The number of hydrogen-bond acceptors (Lipinski definition) is 3. The Hall–Kier alpha value is -1.65. The molecule has 0 aliphatic rings. The zero-order chi connectivity index (χ0) is 16.8. The van der Waals surface area contributed by atoms with Gasteiger partial charge in [-0.3, -0.25) is 4.79 Å². The lowest BCUT2D eigenvalue weighted by molar-refractivity contribution is -0.127. The number of carbonyl (C=O) groups is 1. The van der Waals surface area contributed by atoms with Crippen molar-refractivity contribution in [3.63, 3.8) is 0 Å². The molecule has 0 saturated carbocycles. The van der Waals surface area contributed by atoms with Crippen molar-refractivity contribution in [3.05, 3.63) is 52.4 Å². The number of ether oxygens (including phenoxy) is 1. The first kappa shape index (κ1) is 17.7. The molecular formula is C17H19Cl2NO3. The zero-order valence-corrected chi connectivity index (χ0v) is 14.5. The number of furan rings is 1. The molecule has 6 heteroatoms. The lowest BCUT2D eigenvalue weighted by Gasteiger charge is -2.19. The Balaban J connectivity index is 1.81. The van der Waals surface area contributed by atoms with Gasteiger partial charge in [0.1, 0.15) is 11.5 Å². The number of benzene rings is 1. The van der Waals surface area contributed by atoms with Crippen LogP contribution in [0.1, 0.15) is 26.0 Å². The second-order valence-electron chi connectivity index (χ2n) is 5.36. The molecule has 1 aromatic heterocycles. The van der Waals surface area contributed by atoms with E-state index in [4.69, 9.17) is 32.4 Å². The second-order valence-corrected chi connectivity index (χ2v) is 6.21. The van der Waals surface area contributed by atoms with E-state index in [1.54, 1.807) is 31.4 Å². The summed E-state index contributed by atoms with van der Waals surface area (Å²) >= 11 is 11.9. The van der Waals surface area contributed by atoms with Gasteiger partial charge < -0.3 is 14.5 Å². The van der Waals surface area contributed by atoms with Crippen LogP contribution < -0.4 is 10.1 Å². The second kappa shape index (κ2) is 8.27. The minimum Gasteiger partial charge on any atom is -0.479 e. The summed E-state index contributed by atoms with van der Waals surface area (Å²) < 4.78 is 10.9. The van der Waals surface area contributed by atoms with Gasteiger partial charge in [-0.15, -0.1) is 0 Å². The van der Waals surface area contributed by atoms with Gasteiger partial charge in [-0.05, 0) is 50.6 Å². The SMILES string of the molecule is CC(CCc1ccco1)NC(=O)C(C)Oc1ccc(Cl)cc1Cl. The molecule has 0 saturated heterocycles. The van der Waals surface area contributed by atoms with Crippen molar-refractivity contribution in [2.24, 2.45) is 0 Å². The van der Waals surface area contributed by atoms with Crippen LogP contribution in [0.15, 0.2) is 41.0 Å². The van der Waals surface area contributed by atoms with E-state index in [1.165, 1.54) is 0 Å². The Labute approximate surface area is 145 Å². The third-order valence-corrected chi connectivity index (χ3v) is 3.89. The van der Waals surface area contributed by atoms with Crippen LogP contribution >= 0.6 is 23.2 Å². The quantitative estimate of drug-likeness (QED) is 0.795. The molecule has 4 nitrogen and oxygen atoms in total. The summed E-state index contributed by atoms with van der Waals surface area (Å²) in [7, 11) is 0. The van der Waals surface area contributed by atoms with Crippen molar-refractivity contribution in [3.8, 4) is 5.75 Å². The molecule has 2 unspecified atom stereocenters. The molecule has 2 rings (SSSR count). The fourth-order valence-corrected chi connectivity index (χ4v) is 2.51. The molecule has 1 amide bonds. The molecule has 23 heavy (non-hydrogen) atoms. The number of aryl methyl sites for hydroxylation is 1. The largest absolute Gasteiger partial charge is 0.479 e. The number of nitrogens with one attached hydrogen (secondary N) is 1. The van der Waals surface area contributed by atoms with Crippen molar-refractivity contribution in [1.82, 2.24) is 5.32 Å². The minimum absolute atomic E-state index is 0.0133. The molecule has 0 fully saturated rings. The standard InChI is InChI=1S/C17H19Cl2NO3/c1-11(5-7-14-4-3-9-22-14)20-17(21)12(2)23-16-8-6-13(18)10-15(16)19/h3-4,6,8-12H,5,7H2,1-2H3,(H,20,21). The average Bonchev–Trinajstić information content (AvgIpc) is 3.01. The Kier molecular flexibility index (Phi) is 6.37. The minimum atomic E-state index is -0.653. The van der Waals surface area contributed by atoms with Crippen molar-refractivity contribution in [2.75, 3.05) is 0 Å². The predicted octanol–water partition coefficient (Wildman–Crippen LogP) is 4.49. The van der Waals surface area contributed by atoms with Gasteiger partial charge in [-0.25, -0.2) is 0 Å². The van der Waals surface area contributed by atoms with Crippen molar-refractivity contribution >= 4 is 29.1 Å². The summed E-state index contributed by atoms with van der Waals surface area (Å²) in [6.45, 7) is 3.63. The maximum absolute atomic E-state index is 12.2. The van der Waals surface area contributed by atoms with Crippen LogP contribution in [0.25, 0.3) is 0 Å². The highest BCUT2D eigenvalue weighted by atomic mass is 35.5. The summed E-state index contributed by atoms with van der Waals surface area (Å²) in [5.74, 6) is 1.15. The summed E-state index contributed by atoms with van der Waals surface area (Å²) in [6.07, 6.45) is 2.55. The molecule has 0 aliphatic carbocycles. The van der Waals surface area contributed by atoms with Crippen LogP contribution in [0.3, 0.4) is 0 Å². The lowest BCUT2D eigenvalue weighted by Crippen LogP contribution is -2.41. The molecule has 2 atom stereocenters. The molecule has 2 aromatic rings. The Morgan fingerprint density at radius 1 is 1.30 bits per heavy atom. The van der Waals surface area contributed by atoms with Crippen LogP contribution in [-0.4, -0.2) is 18.1 Å². The van der Waals surface area contributed by atoms with Crippen LogP contribution in [0.2, 0.25) is 10.0 Å². The van der Waals surface area contributed by atoms with Crippen molar-refractivity contribution in [1.29, 1.82) is 0 Å². The molecule has 1 aromatic carbocycles. The van der Waals surface area contributed by atoms with Crippen LogP contribution in [0, 0.1) is 0 Å². The van der Waals surface area contributed by atoms with Gasteiger partial charge in [-0.2, -0.15) is 0 Å². The van der Waals surface area contributed by atoms with Crippen LogP contribution in [-0.2, 0) is 11.2 Å². The average molecular weight is 356 g/mol. The van der Waals surface area contributed by atoms with Gasteiger partial charge >= 0.3 is 0 Å². The van der Waals surface area contributed by atoms with E-state index in [1.807, 2.05) is 19.1 Å². The summed E-state index contributed by atoms with van der Waals surface area (Å²) in [5, 5.41) is 3.82. The summed E-state index contributed by atoms with van der Waals surface area (Å²) in [5.41, 5.74) is 0. The highest BCUT2D eigenvalue weighted by molar-refractivity contribution is 6.35. The maximum atomic E-state index is 12.2. The highest BCUT2D eigenvalue weighted by Gasteiger charge is 2.18. The van der Waals surface area contributed by atoms with E-state index in [0.29, 0.717) is 15.8 Å². The van der Waals surface area contributed by atoms with Gasteiger partial charge in [-0.1, -0.05) is 23.2 Å². The van der Waals surface area contributed by atoms with E-state index in [0.717, 1.165) is 18.6 Å². The van der Waals surface area contributed by atoms with Gasteiger partial charge in [0.15, 0.2) is 6.10 Å². The molecule has 0 aliphatic heterocycles. The van der Waals surface area contributed by atoms with Gasteiger partial charge in [0.05, 0.1) is 11.3 Å². The monoisotopic (exact) mass is 355 g/mol. The first-order valence-corrected chi connectivity index (χ1v) is 8.15. The first-order chi connectivity index (χ1) is 11.0. The van der Waals surface area contributed by atoms with Gasteiger partial charge in [0.2, 0.25) is 0 Å². The highest BCUT2D eigenvalue weighted by Crippen LogP contribution is 2.28. The Morgan fingerprint density at radius 3 is 2.74 bits per heavy atom. The van der Waals surface area contributed by atoms with E-state index in [9.17, 15) is 4.79 Å². The molecule has 124 valence electrons. The summed E-state index contributed by atoms with van der Waals surface area (Å²) in [6, 6.07) is 8.68. The van der Waals surface area contributed by atoms with E-state index in [-0.39, 0.29) is 11.9 Å². The number of hydrogen-bond donors (Lipinski definition) is 1. The van der Waals surface area contributed by atoms with Crippen molar-refractivity contribution < 1.29 is 13.9 Å². The molecule has 0 spiro atoms. The number of amides is 1. The molecule has 0 bridgehead atoms. The smallest absolute Gasteiger partial charge is 0.260 e. The topological polar surface area (TPSA) is 51.5 Å². The maximum Gasteiger partial charge on any atom is 0.260 e. The first-order valence-electron chi connectivity index (χ1n) is 7.40. The van der Waals surface area contributed by atoms with Crippen LogP contribution in [0.5, 0.6) is 5.75 Å². The molecule has 0 radical (unpaired) electrons. The van der Waals surface area contributed by atoms with Crippen LogP contribution in [0.4, 0.5) is 0 Å². The zero-order valence-electron chi connectivity index (χ0n) is 13.0. The van der Waals surface area contributed by atoms with Gasteiger partial charge in [0.25, 0.3) is 5.91 Å². The summed E-state index contributed by atoms with van der Waals surface area (Å²) in [4.78, 5) is 12.2. The van der Waals surface area contributed by atoms with E-state index >= 15 is 0 Å². The Bertz CT molecular complexity index is 643. The number of rotatable bonds is 7. The molecule has 1 heterocycles.